The molecule has 4 nitrogen and oxygen atoms in total. The molecule has 2 saturated heterocycles. The summed E-state index contributed by atoms with van der Waals surface area (Å²) in [6, 6.07) is 0.771. The summed E-state index contributed by atoms with van der Waals surface area (Å²) in [5, 5.41) is 3.56. The Balaban J connectivity index is 1.90. The Bertz CT molecular complexity index is 302. The molecule has 0 saturated carbocycles. The number of likely N-dealkylation sites (tertiary alicyclic amines) is 1. The highest BCUT2D eigenvalue weighted by molar-refractivity contribution is 5.74. The van der Waals surface area contributed by atoms with Gasteiger partial charge in [0.2, 0.25) is 0 Å². The van der Waals surface area contributed by atoms with Crippen molar-refractivity contribution in [2.75, 3.05) is 32.7 Å². The first kappa shape index (κ1) is 15.6. The third-order valence-corrected chi connectivity index (χ3v) is 4.54. The van der Waals surface area contributed by atoms with Crippen LogP contribution in [0.3, 0.4) is 0 Å². The monoisotopic (exact) mass is 281 g/mol. The minimum absolute atomic E-state index is 0.269. The van der Waals surface area contributed by atoms with Gasteiger partial charge in [0.25, 0.3) is 0 Å². The predicted octanol–water partition coefficient (Wildman–Crippen LogP) is 2.69. The average Bonchev–Trinajstić information content (AvgIpc) is 2.47. The van der Waals surface area contributed by atoms with Crippen LogP contribution in [0.25, 0.3) is 0 Å². The highest BCUT2D eigenvalue weighted by atomic mass is 16.2. The molecular weight excluding hydrogens is 250 g/mol. The molecule has 4 heteroatoms. The molecule has 2 unspecified atom stereocenters. The molecule has 0 aliphatic carbocycles. The van der Waals surface area contributed by atoms with Crippen LogP contribution in [0.4, 0.5) is 4.79 Å². The van der Waals surface area contributed by atoms with E-state index in [0.717, 1.165) is 45.6 Å². The maximum Gasteiger partial charge on any atom is 0.320 e. The van der Waals surface area contributed by atoms with Gasteiger partial charge >= 0.3 is 6.03 Å². The summed E-state index contributed by atoms with van der Waals surface area (Å²) < 4.78 is 0. The number of rotatable bonds is 4. The summed E-state index contributed by atoms with van der Waals surface area (Å²) in [6.45, 7) is 9.19. The van der Waals surface area contributed by atoms with E-state index in [1.54, 1.807) is 0 Å². The molecule has 2 aliphatic heterocycles. The molecule has 2 heterocycles. The molecule has 1 N–H and O–H groups in total. The van der Waals surface area contributed by atoms with Crippen molar-refractivity contribution in [3.05, 3.63) is 0 Å². The summed E-state index contributed by atoms with van der Waals surface area (Å²) in [5.74, 6) is 0.656. The van der Waals surface area contributed by atoms with Crippen molar-refractivity contribution in [1.82, 2.24) is 15.1 Å². The number of piperidine rings is 2. The van der Waals surface area contributed by atoms with E-state index in [2.05, 4.69) is 29.0 Å². The molecule has 0 aromatic rings. The second-order valence-electron chi connectivity index (χ2n) is 6.57. The van der Waals surface area contributed by atoms with Crippen molar-refractivity contribution in [2.45, 2.75) is 58.4 Å². The minimum Gasteiger partial charge on any atom is -0.324 e. The van der Waals surface area contributed by atoms with Crippen LogP contribution in [0.15, 0.2) is 0 Å². The van der Waals surface area contributed by atoms with Gasteiger partial charge in [0.1, 0.15) is 0 Å². The van der Waals surface area contributed by atoms with Crippen LogP contribution in [0, 0.1) is 5.92 Å². The van der Waals surface area contributed by atoms with Gasteiger partial charge < -0.3 is 15.1 Å². The largest absolute Gasteiger partial charge is 0.324 e. The van der Waals surface area contributed by atoms with E-state index >= 15 is 0 Å². The Kier molecular flexibility index (Phi) is 6.14. The zero-order chi connectivity index (χ0) is 14.4. The summed E-state index contributed by atoms with van der Waals surface area (Å²) in [6.07, 6.45) is 7.26. The van der Waals surface area contributed by atoms with E-state index in [1.807, 2.05) is 0 Å². The second kappa shape index (κ2) is 7.87. The lowest BCUT2D eigenvalue weighted by Crippen LogP contribution is -2.52. The molecular formula is C16H31N3O. The van der Waals surface area contributed by atoms with E-state index in [1.165, 1.54) is 25.7 Å². The van der Waals surface area contributed by atoms with Crippen LogP contribution in [0.5, 0.6) is 0 Å². The molecule has 116 valence electrons. The van der Waals surface area contributed by atoms with E-state index in [4.69, 9.17) is 0 Å². The lowest BCUT2D eigenvalue weighted by atomic mass is 10.0. The van der Waals surface area contributed by atoms with Gasteiger partial charge in [-0.3, -0.25) is 0 Å². The highest BCUT2D eigenvalue weighted by Crippen LogP contribution is 2.18. The zero-order valence-corrected chi connectivity index (χ0v) is 13.2. The highest BCUT2D eigenvalue weighted by Gasteiger charge is 2.26. The van der Waals surface area contributed by atoms with E-state index < -0.39 is 0 Å². The normalized spacial score (nSPS) is 27.4. The number of hydrogen-bond acceptors (Lipinski definition) is 2. The summed E-state index contributed by atoms with van der Waals surface area (Å²) >= 11 is 0. The van der Waals surface area contributed by atoms with Crippen LogP contribution in [0.1, 0.15) is 52.4 Å². The fourth-order valence-corrected chi connectivity index (χ4v) is 3.44. The van der Waals surface area contributed by atoms with Gasteiger partial charge in [0.15, 0.2) is 0 Å². The molecule has 2 fully saturated rings. The maximum absolute atomic E-state index is 12.7. The average molecular weight is 281 g/mol. The number of amides is 2. The Morgan fingerprint density at radius 3 is 2.80 bits per heavy atom. The predicted molar refractivity (Wildman–Crippen MR) is 82.9 cm³/mol. The van der Waals surface area contributed by atoms with E-state index in [-0.39, 0.29) is 6.03 Å². The lowest BCUT2D eigenvalue weighted by Gasteiger charge is -2.37. The molecule has 0 bridgehead atoms. The standard InChI is InChI=1S/C16H31N3O/c1-3-10-18(13-15-8-4-5-9-17-15)16(20)19-11-6-7-14(2)12-19/h14-15,17H,3-13H2,1-2H3. The lowest BCUT2D eigenvalue weighted by molar-refractivity contribution is 0.125. The van der Waals surface area contributed by atoms with Crippen molar-refractivity contribution in [3.63, 3.8) is 0 Å². The SMILES string of the molecule is CCCN(CC1CCCCN1)C(=O)N1CCCC(C)C1. The fourth-order valence-electron chi connectivity index (χ4n) is 3.44. The van der Waals surface area contributed by atoms with Crippen molar-refractivity contribution < 1.29 is 4.79 Å². The smallest absolute Gasteiger partial charge is 0.320 e. The molecule has 0 radical (unpaired) electrons. The van der Waals surface area contributed by atoms with Gasteiger partial charge in [0, 0.05) is 32.2 Å². The second-order valence-corrected chi connectivity index (χ2v) is 6.57. The zero-order valence-electron chi connectivity index (χ0n) is 13.2. The number of nitrogens with zero attached hydrogens (tertiary/aromatic N) is 2. The Labute approximate surface area is 123 Å². The molecule has 2 atom stereocenters. The quantitative estimate of drug-likeness (QED) is 0.860. The third-order valence-electron chi connectivity index (χ3n) is 4.54. The Morgan fingerprint density at radius 2 is 2.15 bits per heavy atom. The van der Waals surface area contributed by atoms with Gasteiger partial charge in [-0.05, 0) is 44.6 Å². The first-order valence-electron chi connectivity index (χ1n) is 8.48. The van der Waals surface area contributed by atoms with Gasteiger partial charge in [-0.15, -0.1) is 0 Å². The van der Waals surface area contributed by atoms with Gasteiger partial charge in [-0.2, -0.15) is 0 Å². The molecule has 2 amide bonds. The van der Waals surface area contributed by atoms with Crippen LogP contribution in [0.2, 0.25) is 0 Å². The molecule has 0 aromatic carbocycles. The van der Waals surface area contributed by atoms with Crippen molar-refractivity contribution in [3.8, 4) is 0 Å². The maximum atomic E-state index is 12.7. The molecule has 0 spiro atoms. The summed E-state index contributed by atoms with van der Waals surface area (Å²) in [7, 11) is 0. The van der Waals surface area contributed by atoms with Crippen LogP contribution >= 0.6 is 0 Å². The number of urea groups is 1. The van der Waals surface area contributed by atoms with Gasteiger partial charge in [-0.25, -0.2) is 4.79 Å². The molecule has 2 rings (SSSR count). The van der Waals surface area contributed by atoms with Gasteiger partial charge in [0.05, 0.1) is 0 Å². The van der Waals surface area contributed by atoms with E-state index in [9.17, 15) is 4.79 Å². The minimum atomic E-state index is 0.269. The number of carbonyl (C=O) groups is 1. The van der Waals surface area contributed by atoms with Gasteiger partial charge in [-0.1, -0.05) is 20.3 Å². The van der Waals surface area contributed by atoms with Crippen molar-refractivity contribution >= 4 is 6.03 Å². The summed E-state index contributed by atoms with van der Waals surface area (Å²) in [4.78, 5) is 16.9. The molecule has 0 aromatic heterocycles. The Morgan fingerprint density at radius 1 is 1.30 bits per heavy atom. The van der Waals surface area contributed by atoms with Crippen molar-refractivity contribution in [2.24, 2.45) is 5.92 Å². The number of hydrogen-bond donors (Lipinski definition) is 1. The third kappa shape index (κ3) is 4.37. The number of carbonyl (C=O) groups excluding carboxylic acids is 1. The Hall–Kier alpha value is -0.770. The molecule has 2 aliphatic rings. The van der Waals surface area contributed by atoms with Crippen molar-refractivity contribution in [1.29, 1.82) is 0 Å². The van der Waals surface area contributed by atoms with Crippen LogP contribution < -0.4 is 5.32 Å². The van der Waals surface area contributed by atoms with Crippen LogP contribution in [-0.2, 0) is 0 Å². The van der Waals surface area contributed by atoms with Crippen LogP contribution in [-0.4, -0.2) is 54.6 Å². The topological polar surface area (TPSA) is 35.6 Å². The summed E-state index contributed by atoms with van der Waals surface area (Å²) in [5.41, 5.74) is 0. The first-order chi connectivity index (χ1) is 9.70. The fraction of sp³-hybridized carbons (Fsp3) is 0.938. The molecule has 20 heavy (non-hydrogen) atoms. The van der Waals surface area contributed by atoms with E-state index in [0.29, 0.717) is 12.0 Å². The number of nitrogens with one attached hydrogen (secondary N) is 1. The first-order valence-corrected chi connectivity index (χ1v) is 8.48.